The predicted molar refractivity (Wildman–Crippen MR) is 130 cm³/mol. The van der Waals surface area contributed by atoms with Crippen molar-refractivity contribution in [3.05, 3.63) is 59.8 Å². The predicted octanol–water partition coefficient (Wildman–Crippen LogP) is 4.17. The summed E-state index contributed by atoms with van der Waals surface area (Å²) >= 11 is 0. The number of rotatable bonds is 5. The van der Waals surface area contributed by atoms with Crippen molar-refractivity contribution in [2.75, 3.05) is 31.5 Å². The van der Waals surface area contributed by atoms with Crippen LogP contribution in [0.2, 0.25) is 0 Å². The molecule has 9 nitrogen and oxygen atoms in total. The SMILES string of the molecule is CN(C)C(=O)Cc1cccc(-n2nc(C(C)(C)C)cc2NC(=O)Nc2ccc3c(c2)OCO3)c1. The van der Waals surface area contributed by atoms with Crippen LogP contribution in [0.1, 0.15) is 32.0 Å². The molecule has 178 valence electrons. The maximum Gasteiger partial charge on any atom is 0.324 e. The van der Waals surface area contributed by atoms with Gasteiger partial charge in [0.15, 0.2) is 11.5 Å². The fourth-order valence-corrected chi connectivity index (χ4v) is 3.42. The molecule has 0 fully saturated rings. The van der Waals surface area contributed by atoms with Gasteiger partial charge in [-0.25, -0.2) is 9.48 Å². The molecular formula is C25H29N5O4. The van der Waals surface area contributed by atoms with Gasteiger partial charge in [-0.1, -0.05) is 32.9 Å². The van der Waals surface area contributed by atoms with Crippen LogP contribution in [0.3, 0.4) is 0 Å². The summed E-state index contributed by atoms with van der Waals surface area (Å²) in [5.74, 6) is 1.75. The summed E-state index contributed by atoms with van der Waals surface area (Å²) in [4.78, 5) is 26.6. The highest BCUT2D eigenvalue weighted by molar-refractivity contribution is 5.99. The van der Waals surface area contributed by atoms with Crippen LogP contribution in [0.4, 0.5) is 16.3 Å². The molecule has 1 aliphatic rings. The topological polar surface area (TPSA) is 97.7 Å². The highest BCUT2D eigenvalue weighted by Gasteiger charge is 2.22. The first-order valence-electron chi connectivity index (χ1n) is 11.0. The summed E-state index contributed by atoms with van der Waals surface area (Å²) in [7, 11) is 3.46. The average Bonchev–Trinajstić information content (AvgIpc) is 3.40. The fourth-order valence-electron chi connectivity index (χ4n) is 3.42. The van der Waals surface area contributed by atoms with Crippen molar-refractivity contribution < 1.29 is 19.1 Å². The number of urea groups is 1. The van der Waals surface area contributed by atoms with Gasteiger partial charge in [0.1, 0.15) is 5.82 Å². The van der Waals surface area contributed by atoms with Gasteiger partial charge in [-0.05, 0) is 29.8 Å². The van der Waals surface area contributed by atoms with Crippen LogP contribution in [0.15, 0.2) is 48.5 Å². The number of nitrogens with zero attached hydrogens (tertiary/aromatic N) is 3. The highest BCUT2D eigenvalue weighted by Crippen LogP contribution is 2.34. The van der Waals surface area contributed by atoms with Crippen LogP contribution < -0.4 is 20.1 Å². The number of anilines is 2. The van der Waals surface area contributed by atoms with Gasteiger partial charge in [-0.2, -0.15) is 5.10 Å². The monoisotopic (exact) mass is 463 g/mol. The number of hydrogen-bond donors (Lipinski definition) is 2. The van der Waals surface area contributed by atoms with E-state index in [1.165, 1.54) is 0 Å². The van der Waals surface area contributed by atoms with Crippen molar-refractivity contribution in [3.63, 3.8) is 0 Å². The molecule has 1 aliphatic heterocycles. The van der Waals surface area contributed by atoms with Crippen LogP contribution in [0, 0.1) is 0 Å². The molecule has 3 aromatic rings. The van der Waals surface area contributed by atoms with Crippen LogP contribution in [-0.2, 0) is 16.6 Å². The van der Waals surface area contributed by atoms with E-state index in [9.17, 15) is 9.59 Å². The molecule has 2 N–H and O–H groups in total. The Hall–Kier alpha value is -4.01. The number of nitrogens with one attached hydrogen (secondary N) is 2. The van der Waals surface area contributed by atoms with E-state index in [2.05, 4.69) is 31.4 Å². The van der Waals surface area contributed by atoms with Gasteiger partial charge in [-0.15, -0.1) is 0 Å². The van der Waals surface area contributed by atoms with Gasteiger partial charge in [-0.3, -0.25) is 10.1 Å². The lowest BCUT2D eigenvalue weighted by Gasteiger charge is -2.14. The van der Waals surface area contributed by atoms with Crippen molar-refractivity contribution >= 4 is 23.4 Å². The van der Waals surface area contributed by atoms with E-state index in [0.29, 0.717) is 23.0 Å². The number of carbonyl (C=O) groups is 2. The molecule has 0 saturated heterocycles. The Labute approximate surface area is 198 Å². The number of carbonyl (C=O) groups excluding carboxylic acids is 2. The smallest absolute Gasteiger partial charge is 0.324 e. The minimum Gasteiger partial charge on any atom is -0.454 e. The number of benzene rings is 2. The van der Waals surface area contributed by atoms with E-state index >= 15 is 0 Å². The molecule has 1 aromatic heterocycles. The first-order valence-corrected chi connectivity index (χ1v) is 11.0. The fraction of sp³-hybridized carbons (Fsp3) is 0.320. The molecule has 34 heavy (non-hydrogen) atoms. The minimum absolute atomic E-state index is 0.00875. The van der Waals surface area contributed by atoms with Crippen molar-refractivity contribution in [1.29, 1.82) is 0 Å². The van der Waals surface area contributed by atoms with E-state index in [1.54, 1.807) is 41.9 Å². The zero-order valence-corrected chi connectivity index (χ0v) is 20.0. The molecule has 0 unspecified atom stereocenters. The Bertz CT molecular complexity index is 1230. The molecule has 0 saturated carbocycles. The third-order valence-corrected chi connectivity index (χ3v) is 5.36. The number of amides is 3. The second kappa shape index (κ2) is 9.09. The average molecular weight is 464 g/mol. The summed E-state index contributed by atoms with van der Waals surface area (Å²) < 4.78 is 12.4. The lowest BCUT2D eigenvalue weighted by atomic mass is 9.92. The second-order valence-corrected chi connectivity index (χ2v) is 9.36. The van der Waals surface area contributed by atoms with E-state index in [1.807, 2.05) is 30.3 Å². The Kier molecular flexibility index (Phi) is 6.19. The van der Waals surface area contributed by atoms with Crippen LogP contribution in [-0.4, -0.2) is 47.5 Å². The largest absolute Gasteiger partial charge is 0.454 e. The summed E-state index contributed by atoms with van der Waals surface area (Å²) in [6.45, 7) is 6.34. The van der Waals surface area contributed by atoms with Gasteiger partial charge in [0, 0.05) is 37.3 Å². The zero-order valence-electron chi connectivity index (χ0n) is 20.0. The quantitative estimate of drug-likeness (QED) is 0.592. The Balaban J connectivity index is 1.59. The standard InChI is InChI=1S/C25H29N5O4/c1-25(2,3)21-14-22(27-24(32)26-17-9-10-19-20(13-17)34-15-33-19)30(28-21)18-8-6-7-16(11-18)12-23(31)29(4)5/h6-11,13-14H,12,15H2,1-5H3,(H2,26,27,32). The zero-order chi connectivity index (χ0) is 24.5. The molecular weight excluding hydrogens is 434 g/mol. The first-order chi connectivity index (χ1) is 16.1. The molecule has 0 spiro atoms. The van der Waals surface area contributed by atoms with E-state index in [4.69, 9.17) is 14.6 Å². The van der Waals surface area contributed by atoms with Gasteiger partial charge in [0.2, 0.25) is 12.7 Å². The van der Waals surface area contributed by atoms with Crippen molar-refractivity contribution in [1.82, 2.24) is 14.7 Å². The molecule has 2 heterocycles. The second-order valence-electron chi connectivity index (χ2n) is 9.36. The molecule has 0 atom stereocenters. The van der Waals surface area contributed by atoms with Crippen molar-refractivity contribution in [2.45, 2.75) is 32.6 Å². The summed E-state index contributed by atoms with van der Waals surface area (Å²) in [6, 6.07) is 14.2. The number of aromatic nitrogens is 2. The van der Waals surface area contributed by atoms with Gasteiger partial charge >= 0.3 is 6.03 Å². The molecule has 0 radical (unpaired) electrons. The normalized spacial score (nSPS) is 12.4. The van der Waals surface area contributed by atoms with Crippen LogP contribution in [0.25, 0.3) is 5.69 Å². The molecule has 2 aromatic carbocycles. The number of hydrogen-bond acceptors (Lipinski definition) is 5. The summed E-state index contributed by atoms with van der Waals surface area (Å²) in [5.41, 5.74) is 2.78. The third kappa shape index (κ3) is 5.14. The Morgan fingerprint density at radius 3 is 2.53 bits per heavy atom. The molecule has 0 bridgehead atoms. The summed E-state index contributed by atoms with van der Waals surface area (Å²) in [5, 5.41) is 10.5. The van der Waals surface area contributed by atoms with Crippen molar-refractivity contribution in [2.24, 2.45) is 0 Å². The third-order valence-electron chi connectivity index (χ3n) is 5.36. The van der Waals surface area contributed by atoms with E-state index in [-0.39, 0.29) is 24.5 Å². The number of fused-ring (bicyclic) bond motifs is 1. The molecule has 3 amide bonds. The Morgan fingerprint density at radius 2 is 1.79 bits per heavy atom. The van der Waals surface area contributed by atoms with Crippen molar-refractivity contribution in [3.8, 4) is 17.2 Å². The lowest BCUT2D eigenvalue weighted by Crippen LogP contribution is -2.23. The molecule has 4 rings (SSSR count). The maximum atomic E-state index is 12.8. The van der Waals surface area contributed by atoms with Gasteiger partial charge in [0.05, 0.1) is 17.8 Å². The maximum absolute atomic E-state index is 12.8. The first kappa shape index (κ1) is 23.2. The van der Waals surface area contributed by atoms with E-state index < -0.39 is 6.03 Å². The van der Waals surface area contributed by atoms with Gasteiger partial charge in [0.25, 0.3) is 0 Å². The minimum atomic E-state index is -0.417. The highest BCUT2D eigenvalue weighted by atomic mass is 16.7. The van der Waals surface area contributed by atoms with Crippen LogP contribution >= 0.6 is 0 Å². The molecule has 0 aliphatic carbocycles. The number of likely N-dealkylation sites (N-methyl/N-ethyl adjacent to an activating group) is 1. The van der Waals surface area contributed by atoms with Gasteiger partial charge < -0.3 is 19.7 Å². The number of ether oxygens (including phenoxy) is 2. The van der Waals surface area contributed by atoms with E-state index in [0.717, 1.165) is 16.9 Å². The molecule has 9 heteroatoms. The van der Waals surface area contributed by atoms with Crippen LogP contribution in [0.5, 0.6) is 11.5 Å². The summed E-state index contributed by atoms with van der Waals surface area (Å²) in [6.07, 6.45) is 0.279. The Morgan fingerprint density at radius 1 is 1.03 bits per heavy atom. The lowest BCUT2D eigenvalue weighted by molar-refractivity contribution is -0.127.